The Labute approximate surface area is 166 Å². The number of para-hydroxylation sites is 1. The van der Waals surface area contributed by atoms with Gasteiger partial charge in [0, 0.05) is 23.5 Å². The molecule has 0 spiro atoms. The van der Waals surface area contributed by atoms with Crippen LogP contribution in [-0.2, 0) is 6.42 Å². The molecule has 27 heavy (non-hydrogen) atoms. The average Bonchev–Trinajstić information content (AvgIpc) is 2.91. The highest BCUT2D eigenvalue weighted by molar-refractivity contribution is 5.82. The van der Waals surface area contributed by atoms with Crippen LogP contribution in [0.4, 0.5) is 0 Å². The number of unbranched alkanes of at least 4 members (excludes halogenated alkanes) is 1. The zero-order valence-corrected chi connectivity index (χ0v) is 17.8. The fraction of sp³-hybridized carbons (Fsp3) is 0.680. The maximum Gasteiger partial charge on any atom is 0.0787 e. The van der Waals surface area contributed by atoms with Gasteiger partial charge in [-0.05, 0) is 36.8 Å². The van der Waals surface area contributed by atoms with E-state index in [0.29, 0.717) is 0 Å². The number of nitrogens with one attached hydrogen (secondary N) is 1. The number of H-pyrrole nitrogens is 1. The van der Waals surface area contributed by atoms with Crippen molar-refractivity contribution < 1.29 is 4.48 Å². The molecule has 0 aliphatic heterocycles. The summed E-state index contributed by atoms with van der Waals surface area (Å²) in [6.45, 7) is 6.41. The smallest absolute Gasteiger partial charge is 0.0787 e. The van der Waals surface area contributed by atoms with Crippen molar-refractivity contribution in [2.45, 2.75) is 77.6 Å². The Balaban J connectivity index is 1.53. The third kappa shape index (κ3) is 6.10. The highest BCUT2D eigenvalue weighted by Gasteiger charge is 2.23. The largest absolute Gasteiger partial charge is 0.361 e. The molecule has 1 unspecified atom stereocenters. The fourth-order valence-corrected chi connectivity index (χ4v) is 5.01. The molecule has 1 aromatic carbocycles. The number of benzene rings is 1. The Morgan fingerprint density at radius 1 is 0.963 bits per heavy atom. The molecule has 2 nitrogen and oxygen atoms in total. The summed E-state index contributed by atoms with van der Waals surface area (Å²) in [5.74, 6) is 1.00. The quantitative estimate of drug-likeness (QED) is 0.354. The third-order valence-electron chi connectivity index (χ3n) is 6.92. The van der Waals surface area contributed by atoms with Gasteiger partial charge in [-0.15, -0.1) is 0 Å². The van der Waals surface area contributed by atoms with Crippen molar-refractivity contribution in [1.29, 1.82) is 0 Å². The number of aryl methyl sites for hydroxylation is 1. The molecule has 2 heteroatoms. The Morgan fingerprint density at radius 3 is 2.48 bits per heavy atom. The van der Waals surface area contributed by atoms with E-state index in [1.54, 1.807) is 0 Å². The molecule has 1 saturated carbocycles. The molecule has 1 heterocycles. The molecule has 1 N–H and O–H groups in total. The highest BCUT2D eigenvalue weighted by atomic mass is 15.3. The van der Waals surface area contributed by atoms with Crippen LogP contribution < -0.4 is 0 Å². The van der Waals surface area contributed by atoms with Crippen molar-refractivity contribution in [3.63, 3.8) is 0 Å². The first-order chi connectivity index (χ1) is 13.2. The zero-order valence-electron chi connectivity index (χ0n) is 17.8. The van der Waals surface area contributed by atoms with Crippen LogP contribution in [0.2, 0.25) is 0 Å². The van der Waals surface area contributed by atoms with Crippen LogP contribution in [0, 0.1) is 5.92 Å². The van der Waals surface area contributed by atoms with Crippen molar-refractivity contribution in [2.75, 3.05) is 26.7 Å². The van der Waals surface area contributed by atoms with Gasteiger partial charge < -0.3 is 9.47 Å². The number of hydrogen-bond donors (Lipinski definition) is 1. The summed E-state index contributed by atoms with van der Waals surface area (Å²) in [7, 11) is 2.53. The van der Waals surface area contributed by atoms with Crippen LogP contribution in [0.3, 0.4) is 0 Å². The van der Waals surface area contributed by atoms with Crippen molar-refractivity contribution in [3.8, 4) is 0 Å². The first-order valence-corrected chi connectivity index (χ1v) is 11.6. The molecule has 150 valence electrons. The molecule has 2 aromatic rings. The number of nitrogens with zero attached hydrogens (tertiary/aromatic N) is 1. The SMILES string of the molecule is CCCC[N+](C)(CCCc1c[nH]c2ccccc12)CCC1CCCCCC1. The van der Waals surface area contributed by atoms with E-state index in [-0.39, 0.29) is 0 Å². The Morgan fingerprint density at radius 2 is 1.70 bits per heavy atom. The maximum atomic E-state index is 3.44. The summed E-state index contributed by atoms with van der Waals surface area (Å²) in [6, 6.07) is 8.73. The van der Waals surface area contributed by atoms with Crippen LogP contribution in [-0.4, -0.2) is 36.1 Å². The van der Waals surface area contributed by atoms with Gasteiger partial charge in [0.15, 0.2) is 0 Å². The summed E-state index contributed by atoms with van der Waals surface area (Å²) in [5.41, 5.74) is 2.78. The molecule has 0 saturated heterocycles. The van der Waals surface area contributed by atoms with E-state index in [1.807, 2.05) is 0 Å². The van der Waals surface area contributed by atoms with Gasteiger partial charge in [-0.2, -0.15) is 0 Å². The van der Waals surface area contributed by atoms with Crippen molar-refractivity contribution in [1.82, 2.24) is 4.98 Å². The van der Waals surface area contributed by atoms with Crippen LogP contribution in [0.5, 0.6) is 0 Å². The second kappa shape index (κ2) is 10.3. The fourth-order valence-electron chi connectivity index (χ4n) is 5.01. The monoisotopic (exact) mass is 369 g/mol. The van der Waals surface area contributed by atoms with E-state index < -0.39 is 0 Å². The maximum absolute atomic E-state index is 3.44. The van der Waals surface area contributed by atoms with Crippen LogP contribution >= 0.6 is 0 Å². The summed E-state index contributed by atoms with van der Waals surface area (Å²) < 4.78 is 1.28. The lowest BCUT2D eigenvalue weighted by Crippen LogP contribution is -2.47. The van der Waals surface area contributed by atoms with Gasteiger partial charge in [0.25, 0.3) is 0 Å². The van der Waals surface area contributed by atoms with Gasteiger partial charge in [-0.3, -0.25) is 0 Å². The Bertz CT molecular complexity index is 666. The van der Waals surface area contributed by atoms with E-state index >= 15 is 0 Å². The molecule has 1 fully saturated rings. The summed E-state index contributed by atoms with van der Waals surface area (Å²) in [4.78, 5) is 3.44. The van der Waals surface area contributed by atoms with Crippen LogP contribution in [0.15, 0.2) is 30.5 Å². The van der Waals surface area contributed by atoms with E-state index in [2.05, 4.69) is 49.4 Å². The number of aromatic nitrogens is 1. The topological polar surface area (TPSA) is 15.8 Å². The van der Waals surface area contributed by atoms with Gasteiger partial charge >= 0.3 is 0 Å². The number of fused-ring (bicyclic) bond motifs is 1. The Hall–Kier alpha value is -1.28. The van der Waals surface area contributed by atoms with Gasteiger partial charge in [0.2, 0.25) is 0 Å². The third-order valence-corrected chi connectivity index (χ3v) is 6.92. The second-order valence-corrected chi connectivity index (χ2v) is 9.25. The molecule has 0 amide bonds. The normalized spacial score (nSPS) is 18.4. The lowest BCUT2D eigenvalue weighted by molar-refractivity contribution is -0.910. The van der Waals surface area contributed by atoms with Crippen molar-refractivity contribution >= 4 is 10.9 Å². The minimum atomic E-state index is 1.00. The molecule has 1 atom stereocenters. The van der Waals surface area contributed by atoms with Crippen molar-refractivity contribution in [2.24, 2.45) is 5.92 Å². The molecule has 1 aliphatic carbocycles. The minimum absolute atomic E-state index is 1.00. The van der Waals surface area contributed by atoms with Crippen molar-refractivity contribution in [3.05, 3.63) is 36.0 Å². The van der Waals surface area contributed by atoms with Gasteiger partial charge in [0.1, 0.15) is 0 Å². The molecule has 0 radical (unpaired) electrons. The molecular formula is C25H41N2+. The molecule has 0 bridgehead atoms. The number of aromatic amines is 1. The van der Waals surface area contributed by atoms with E-state index in [1.165, 1.54) is 111 Å². The van der Waals surface area contributed by atoms with E-state index in [4.69, 9.17) is 0 Å². The first kappa shape index (κ1) is 20.5. The van der Waals surface area contributed by atoms with Gasteiger partial charge in [-0.1, -0.05) is 70.1 Å². The van der Waals surface area contributed by atoms with Gasteiger partial charge in [0.05, 0.1) is 26.7 Å². The average molecular weight is 370 g/mol. The molecule has 1 aromatic heterocycles. The van der Waals surface area contributed by atoms with E-state index in [0.717, 1.165) is 5.92 Å². The molecule has 3 rings (SSSR count). The number of rotatable bonds is 10. The number of quaternary nitrogens is 1. The predicted octanol–water partition coefficient (Wildman–Crippen LogP) is 6.71. The van der Waals surface area contributed by atoms with Crippen LogP contribution in [0.1, 0.15) is 76.7 Å². The number of hydrogen-bond acceptors (Lipinski definition) is 0. The van der Waals surface area contributed by atoms with Crippen LogP contribution in [0.25, 0.3) is 10.9 Å². The minimum Gasteiger partial charge on any atom is -0.361 e. The highest BCUT2D eigenvalue weighted by Crippen LogP contribution is 2.27. The summed E-state index contributed by atoms with van der Waals surface area (Å²) in [6.07, 6.45) is 17.8. The summed E-state index contributed by atoms with van der Waals surface area (Å²) in [5, 5.41) is 1.42. The first-order valence-electron chi connectivity index (χ1n) is 11.6. The zero-order chi connectivity index (χ0) is 19.0. The van der Waals surface area contributed by atoms with E-state index in [9.17, 15) is 0 Å². The second-order valence-electron chi connectivity index (χ2n) is 9.25. The van der Waals surface area contributed by atoms with Gasteiger partial charge in [-0.25, -0.2) is 0 Å². The molecular weight excluding hydrogens is 328 g/mol. The summed E-state index contributed by atoms with van der Waals surface area (Å²) >= 11 is 0. The lowest BCUT2D eigenvalue weighted by Gasteiger charge is -2.36. The standard InChI is InChI=1S/C25H41N2/c1-3-4-18-27(2,20-17-22-12-7-5-6-8-13-22)19-11-14-23-21-26-25-16-10-9-15-24(23)25/h9-10,15-16,21-22,26H,3-8,11-14,17-20H2,1-2H3/q+1. The lowest BCUT2D eigenvalue weighted by atomic mass is 9.95. The predicted molar refractivity (Wildman–Crippen MR) is 118 cm³/mol. The molecule has 1 aliphatic rings. The Kier molecular flexibility index (Phi) is 7.81.